The second-order valence-electron chi connectivity index (χ2n) is 7.06. The van der Waals surface area contributed by atoms with E-state index in [4.69, 9.17) is 9.73 Å². The van der Waals surface area contributed by atoms with E-state index in [1.807, 2.05) is 30.7 Å². The molecule has 2 atom stereocenters. The molecular formula is C20H31IN6O. The number of nitrogens with zero attached hydrogens (tertiary/aromatic N) is 4. The van der Waals surface area contributed by atoms with Crippen molar-refractivity contribution in [1.29, 1.82) is 0 Å². The maximum atomic E-state index is 5.84. The first kappa shape index (κ1) is 22.4. The van der Waals surface area contributed by atoms with Gasteiger partial charge in [0.05, 0.1) is 6.61 Å². The van der Waals surface area contributed by atoms with Gasteiger partial charge in [0.15, 0.2) is 11.8 Å². The summed E-state index contributed by atoms with van der Waals surface area (Å²) in [5.74, 6) is 3.84. The first-order valence-electron chi connectivity index (χ1n) is 9.71. The molecule has 2 aromatic rings. The molecule has 0 saturated carbocycles. The van der Waals surface area contributed by atoms with Crippen LogP contribution in [-0.2, 0) is 13.6 Å². The summed E-state index contributed by atoms with van der Waals surface area (Å²) in [5, 5.41) is 15.3. The largest absolute Gasteiger partial charge is 0.493 e. The minimum Gasteiger partial charge on any atom is -0.493 e. The molecule has 0 fully saturated rings. The smallest absolute Gasteiger partial charge is 0.191 e. The van der Waals surface area contributed by atoms with Gasteiger partial charge < -0.3 is 19.9 Å². The third-order valence-electron chi connectivity index (χ3n) is 5.09. The fourth-order valence-corrected chi connectivity index (χ4v) is 3.19. The molecule has 2 N–H and O–H groups in total. The lowest BCUT2D eigenvalue weighted by Crippen LogP contribution is -2.45. The van der Waals surface area contributed by atoms with Crippen LogP contribution in [0, 0.1) is 6.92 Å². The Hall–Kier alpha value is -1.84. The molecule has 2 unspecified atom stereocenters. The van der Waals surface area contributed by atoms with Crippen LogP contribution in [-0.4, -0.2) is 39.9 Å². The number of unbranched alkanes of at least 4 members (excludes halogenated alkanes) is 1. The number of ether oxygens (including phenoxy) is 1. The highest BCUT2D eigenvalue weighted by molar-refractivity contribution is 14.0. The Bertz CT molecular complexity index is 791. The third-order valence-corrected chi connectivity index (χ3v) is 5.09. The number of fused-ring (bicyclic) bond motifs is 1. The SMILES string of the molecule is CCCCNC(=NCc1nnc(C)n1C)NC(C)C1COc2ccccc21.I. The zero-order chi connectivity index (χ0) is 19.2. The fraction of sp³-hybridized carbons (Fsp3) is 0.550. The molecule has 0 radical (unpaired) electrons. The molecule has 0 amide bonds. The normalized spacial score (nSPS) is 16.7. The highest BCUT2D eigenvalue weighted by atomic mass is 127. The van der Waals surface area contributed by atoms with Crippen LogP contribution < -0.4 is 15.4 Å². The van der Waals surface area contributed by atoms with Gasteiger partial charge in [-0.1, -0.05) is 31.5 Å². The number of hydrogen-bond acceptors (Lipinski definition) is 4. The Morgan fingerprint density at radius 3 is 2.86 bits per heavy atom. The minimum atomic E-state index is 0. The quantitative estimate of drug-likeness (QED) is 0.266. The summed E-state index contributed by atoms with van der Waals surface area (Å²) in [7, 11) is 1.97. The summed E-state index contributed by atoms with van der Waals surface area (Å²) < 4.78 is 7.81. The number of hydrogen-bond donors (Lipinski definition) is 2. The number of benzene rings is 1. The lowest BCUT2D eigenvalue weighted by molar-refractivity contribution is 0.312. The van der Waals surface area contributed by atoms with Crippen LogP contribution in [0.25, 0.3) is 0 Å². The fourth-order valence-electron chi connectivity index (χ4n) is 3.19. The van der Waals surface area contributed by atoms with Gasteiger partial charge in [0.25, 0.3) is 0 Å². The molecule has 0 saturated heterocycles. The molecule has 154 valence electrons. The molecular weight excluding hydrogens is 467 g/mol. The lowest BCUT2D eigenvalue weighted by Gasteiger charge is -2.23. The van der Waals surface area contributed by atoms with Gasteiger partial charge in [-0.2, -0.15) is 0 Å². The first-order chi connectivity index (χ1) is 13.1. The van der Waals surface area contributed by atoms with Crippen molar-refractivity contribution in [2.24, 2.45) is 12.0 Å². The number of nitrogens with one attached hydrogen (secondary N) is 2. The summed E-state index contributed by atoms with van der Waals surface area (Å²) in [4.78, 5) is 4.74. The molecule has 0 bridgehead atoms. The molecule has 2 heterocycles. The Balaban J connectivity index is 0.00000280. The number of para-hydroxylation sites is 1. The van der Waals surface area contributed by atoms with Gasteiger partial charge in [-0.3, -0.25) is 0 Å². The molecule has 28 heavy (non-hydrogen) atoms. The zero-order valence-electron chi connectivity index (χ0n) is 17.1. The summed E-state index contributed by atoms with van der Waals surface area (Å²) in [5.41, 5.74) is 1.26. The molecule has 8 heteroatoms. The Morgan fingerprint density at radius 1 is 1.36 bits per heavy atom. The van der Waals surface area contributed by atoms with Crippen molar-refractivity contribution in [3.63, 3.8) is 0 Å². The molecule has 1 aromatic carbocycles. The van der Waals surface area contributed by atoms with Gasteiger partial charge in [-0.15, -0.1) is 34.2 Å². The van der Waals surface area contributed by atoms with Crippen molar-refractivity contribution in [2.45, 2.75) is 52.1 Å². The molecule has 1 aliphatic rings. The Labute approximate surface area is 184 Å². The van der Waals surface area contributed by atoms with Crippen LogP contribution in [0.3, 0.4) is 0 Å². The zero-order valence-corrected chi connectivity index (χ0v) is 19.4. The summed E-state index contributed by atoms with van der Waals surface area (Å²) in [6.45, 7) is 8.38. The average Bonchev–Trinajstić information content (AvgIpc) is 3.24. The van der Waals surface area contributed by atoms with E-state index in [1.54, 1.807) is 0 Å². The molecule has 3 rings (SSSR count). The molecule has 7 nitrogen and oxygen atoms in total. The van der Waals surface area contributed by atoms with Crippen LogP contribution in [0.4, 0.5) is 0 Å². The maximum Gasteiger partial charge on any atom is 0.191 e. The summed E-state index contributed by atoms with van der Waals surface area (Å²) in [6.07, 6.45) is 2.25. The van der Waals surface area contributed by atoms with E-state index in [1.165, 1.54) is 5.56 Å². The minimum absolute atomic E-state index is 0. The predicted molar refractivity (Wildman–Crippen MR) is 122 cm³/mol. The van der Waals surface area contributed by atoms with Gasteiger partial charge in [0.1, 0.15) is 18.1 Å². The number of aromatic nitrogens is 3. The van der Waals surface area contributed by atoms with E-state index >= 15 is 0 Å². The standard InChI is InChI=1S/C20H30N6O.HI/c1-5-6-11-21-20(22-12-19-25-24-15(3)26(19)4)23-14(2)17-13-27-18-10-8-7-9-16(17)18;/h7-10,14,17H,5-6,11-13H2,1-4H3,(H2,21,22,23);1H. The van der Waals surface area contributed by atoms with Crippen molar-refractivity contribution in [3.05, 3.63) is 41.5 Å². The van der Waals surface area contributed by atoms with Gasteiger partial charge in [0, 0.05) is 31.1 Å². The van der Waals surface area contributed by atoms with Crippen LogP contribution >= 0.6 is 24.0 Å². The molecule has 1 aromatic heterocycles. The number of aryl methyl sites for hydroxylation is 1. The van der Waals surface area contributed by atoms with Crippen molar-refractivity contribution in [1.82, 2.24) is 25.4 Å². The maximum absolute atomic E-state index is 5.84. The Kier molecular flexibility index (Phi) is 8.53. The van der Waals surface area contributed by atoms with E-state index in [0.29, 0.717) is 19.1 Å². The molecule has 1 aliphatic heterocycles. The Morgan fingerprint density at radius 2 is 2.14 bits per heavy atom. The van der Waals surface area contributed by atoms with E-state index in [2.05, 4.69) is 46.8 Å². The summed E-state index contributed by atoms with van der Waals surface area (Å²) >= 11 is 0. The van der Waals surface area contributed by atoms with Crippen molar-refractivity contribution in [2.75, 3.05) is 13.2 Å². The van der Waals surface area contributed by atoms with Crippen molar-refractivity contribution in [3.8, 4) is 5.75 Å². The highest BCUT2D eigenvalue weighted by Gasteiger charge is 2.29. The lowest BCUT2D eigenvalue weighted by atomic mass is 9.94. The molecule has 0 spiro atoms. The predicted octanol–water partition coefficient (Wildman–Crippen LogP) is 3.14. The van der Waals surface area contributed by atoms with Crippen LogP contribution in [0.2, 0.25) is 0 Å². The van der Waals surface area contributed by atoms with Crippen LogP contribution in [0.1, 0.15) is 49.8 Å². The van der Waals surface area contributed by atoms with Crippen LogP contribution in [0.5, 0.6) is 5.75 Å². The number of guanidine groups is 1. The topological polar surface area (TPSA) is 76.4 Å². The second-order valence-corrected chi connectivity index (χ2v) is 7.06. The number of rotatable bonds is 7. The van der Waals surface area contributed by atoms with Crippen LogP contribution in [0.15, 0.2) is 29.3 Å². The summed E-state index contributed by atoms with van der Waals surface area (Å²) in [6, 6.07) is 8.46. The van der Waals surface area contributed by atoms with E-state index in [0.717, 1.165) is 42.7 Å². The second kappa shape index (κ2) is 10.6. The first-order valence-corrected chi connectivity index (χ1v) is 9.71. The number of halogens is 1. The monoisotopic (exact) mass is 498 g/mol. The van der Waals surface area contributed by atoms with Crippen molar-refractivity contribution < 1.29 is 4.74 Å². The number of aliphatic imine (C=N–C) groups is 1. The van der Waals surface area contributed by atoms with Gasteiger partial charge in [-0.05, 0) is 26.3 Å². The van der Waals surface area contributed by atoms with Crippen molar-refractivity contribution >= 4 is 29.9 Å². The third kappa shape index (κ3) is 5.36. The van der Waals surface area contributed by atoms with Gasteiger partial charge in [0.2, 0.25) is 0 Å². The van der Waals surface area contributed by atoms with Gasteiger partial charge in [-0.25, -0.2) is 4.99 Å². The highest BCUT2D eigenvalue weighted by Crippen LogP contribution is 2.35. The average molecular weight is 498 g/mol. The van der Waals surface area contributed by atoms with E-state index < -0.39 is 0 Å². The van der Waals surface area contributed by atoms with E-state index in [-0.39, 0.29) is 30.0 Å². The van der Waals surface area contributed by atoms with Gasteiger partial charge >= 0.3 is 0 Å². The van der Waals surface area contributed by atoms with E-state index in [9.17, 15) is 0 Å². The molecule has 0 aliphatic carbocycles.